The SMILES string of the molecule is Cc1ccc(-c2nc(-c3ccccc3)nc(-c3ccccc3)n2)c(ON)c1. The molecule has 2 N–H and O–H groups in total. The lowest BCUT2D eigenvalue weighted by Crippen LogP contribution is -2.06. The van der Waals surface area contributed by atoms with Gasteiger partial charge in [-0.1, -0.05) is 66.7 Å². The minimum atomic E-state index is 0.517. The van der Waals surface area contributed by atoms with Gasteiger partial charge in [-0.2, -0.15) is 5.90 Å². The second-order valence-corrected chi connectivity index (χ2v) is 6.16. The number of hydrogen-bond acceptors (Lipinski definition) is 5. The van der Waals surface area contributed by atoms with E-state index >= 15 is 0 Å². The van der Waals surface area contributed by atoms with Crippen molar-refractivity contribution in [2.24, 2.45) is 5.90 Å². The largest absolute Gasteiger partial charge is 0.411 e. The van der Waals surface area contributed by atoms with Crippen molar-refractivity contribution in [2.75, 3.05) is 0 Å². The van der Waals surface area contributed by atoms with E-state index in [-0.39, 0.29) is 0 Å². The highest BCUT2D eigenvalue weighted by Gasteiger charge is 2.15. The third-order valence-electron chi connectivity index (χ3n) is 4.20. The van der Waals surface area contributed by atoms with E-state index in [1.807, 2.05) is 85.8 Å². The minimum absolute atomic E-state index is 0.517. The minimum Gasteiger partial charge on any atom is -0.411 e. The lowest BCUT2D eigenvalue weighted by atomic mass is 10.1. The molecule has 0 spiro atoms. The quantitative estimate of drug-likeness (QED) is 0.549. The molecule has 4 aromatic rings. The first kappa shape index (κ1) is 16.9. The topological polar surface area (TPSA) is 73.9 Å². The molecule has 132 valence electrons. The Labute approximate surface area is 157 Å². The van der Waals surface area contributed by atoms with E-state index < -0.39 is 0 Å². The Morgan fingerprint density at radius 1 is 0.667 bits per heavy atom. The molecule has 4 rings (SSSR count). The summed E-state index contributed by atoms with van der Waals surface area (Å²) in [5.41, 5.74) is 3.60. The molecule has 0 saturated heterocycles. The van der Waals surface area contributed by atoms with Crippen molar-refractivity contribution in [3.05, 3.63) is 84.4 Å². The molecule has 5 nitrogen and oxygen atoms in total. The number of rotatable bonds is 4. The predicted octanol–water partition coefficient (Wildman–Crippen LogP) is 4.43. The first-order valence-electron chi connectivity index (χ1n) is 8.59. The number of hydrogen-bond donors (Lipinski definition) is 1. The summed E-state index contributed by atoms with van der Waals surface area (Å²) < 4.78 is 0. The zero-order valence-corrected chi connectivity index (χ0v) is 14.8. The van der Waals surface area contributed by atoms with E-state index in [1.165, 1.54) is 0 Å². The normalized spacial score (nSPS) is 10.6. The molecule has 0 amide bonds. The van der Waals surface area contributed by atoms with Crippen molar-refractivity contribution in [2.45, 2.75) is 6.92 Å². The maximum atomic E-state index is 5.48. The van der Waals surface area contributed by atoms with Crippen LogP contribution in [0.3, 0.4) is 0 Å². The Morgan fingerprint density at radius 3 is 1.70 bits per heavy atom. The van der Waals surface area contributed by atoms with Crippen LogP contribution in [0.25, 0.3) is 34.2 Å². The maximum Gasteiger partial charge on any atom is 0.167 e. The van der Waals surface area contributed by atoms with E-state index in [4.69, 9.17) is 10.7 Å². The average Bonchev–Trinajstić information content (AvgIpc) is 2.74. The van der Waals surface area contributed by atoms with Crippen molar-refractivity contribution in [1.82, 2.24) is 15.0 Å². The summed E-state index contributed by atoms with van der Waals surface area (Å²) in [7, 11) is 0. The Kier molecular flexibility index (Phi) is 4.60. The lowest BCUT2D eigenvalue weighted by molar-refractivity contribution is 0.335. The Balaban J connectivity index is 1.94. The summed E-state index contributed by atoms with van der Waals surface area (Å²) >= 11 is 0. The highest BCUT2D eigenvalue weighted by molar-refractivity contribution is 5.70. The fourth-order valence-corrected chi connectivity index (χ4v) is 2.84. The first-order chi connectivity index (χ1) is 13.2. The summed E-state index contributed by atoms with van der Waals surface area (Å²) in [5.74, 6) is 7.73. The second kappa shape index (κ2) is 7.35. The van der Waals surface area contributed by atoms with E-state index in [9.17, 15) is 0 Å². The van der Waals surface area contributed by atoms with Crippen LogP contribution in [0.5, 0.6) is 5.75 Å². The van der Waals surface area contributed by atoms with Crippen molar-refractivity contribution in [3.63, 3.8) is 0 Å². The molecule has 0 aliphatic carbocycles. The zero-order valence-electron chi connectivity index (χ0n) is 14.8. The van der Waals surface area contributed by atoms with Crippen LogP contribution in [0, 0.1) is 6.92 Å². The second-order valence-electron chi connectivity index (χ2n) is 6.16. The van der Waals surface area contributed by atoms with Gasteiger partial charge in [0.25, 0.3) is 0 Å². The van der Waals surface area contributed by atoms with Gasteiger partial charge in [-0.25, -0.2) is 15.0 Å². The van der Waals surface area contributed by atoms with Gasteiger partial charge in [-0.05, 0) is 24.6 Å². The maximum absolute atomic E-state index is 5.48. The number of benzene rings is 3. The zero-order chi connectivity index (χ0) is 18.6. The number of nitrogens with two attached hydrogens (primary N) is 1. The number of aryl methyl sites for hydroxylation is 1. The fraction of sp³-hybridized carbons (Fsp3) is 0.0455. The van der Waals surface area contributed by atoms with Gasteiger partial charge in [0.1, 0.15) is 0 Å². The molecule has 0 fully saturated rings. The molecule has 1 heterocycles. The van der Waals surface area contributed by atoms with Crippen LogP contribution in [0.4, 0.5) is 0 Å². The molecule has 0 saturated carbocycles. The Bertz CT molecular complexity index is 1010. The molecule has 0 atom stereocenters. The van der Waals surface area contributed by atoms with E-state index in [0.717, 1.165) is 22.3 Å². The smallest absolute Gasteiger partial charge is 0.167 e. The van der Waals surface area contributed by atoms with Gasteiger partial charge in [-0.15, -0.1) is 0 Å². The van der Waals surface area contributed by atoms with Crippen molar-refractivity contribution < 1.29 is 4.84 Å². The highest BCUT2D eigenvalue weighted by atomic mass is 16.6. The van der Waals surface area contributed by atoms with Crippen LogP contribution in [-0.4, -0.2) is 15.0 Å². The van der Waals surface area contributed by atoms with Gasteiger partial charge in [0.15, 0.2) is 23.2 Å². The van der Waals surface area contributed by atoms with Crippen LogP contribution >= 0.6 is 0 Å². The van der Waals surface area contributed by atoms with Crippen molar-refractivity contribution in [1.29, 1.82) is 0 Å². The van der Waals surface area contributed by atoms with Crippen LogP contribution in [0.15, 0.2) is 78.9 Å². The number of nitrogens with zero attached hydrogens (tertiary/aromatic N) is 3. The van der Waals surface area contributed by atoms with Crippen LogP contribution in [-0.2, 0) is 0 Å². The van der Waals surface area contributed by atoms with E-state index in [2.05, 4.69) is 15.0 Å². The Hall–Kier alpha value is -3.57. The molecule has 0 aliphatic heterocycles. The lowest BCUT2D eigenvalue weighted by Gasteiger charge is -2.11. The third-order valence-corrected chi connectivity index (χ3v) is 4.20. The molecule has 27 heavy (non-hydrogen) atoms. The summed E-state index contributed by atoms with van der Waals surface area (Å²) in [6.45, 7) is 1.98. The molecule has 1 aromatic heterocycles. The third kappa shape index (κ3) is 3.54. The van der Waals surface area contributed by atoms with E-state index in [1.54, 1.807) is 0 Å². The van der Waals surface area contributed by atoms with Crippen LogP contribution in [0.2, 0.25) is 0 Å². The Morgan fingerprint density at radius 2 is 1.19 bits per heavy atom. The fourth-order valence-electron chi connectivity index (χ4n) is 2.84. The molecule has 0 radical (unpaired) electrons. The number of aromatic nitrogens is 3. The summed E-state index contributed by atoms with van der Waals surface area (Å²) in [4.78, 5) is 19.1. The van der Waals surface area contributed by atoms with Gasteiger partial charge in [0, 0.05) is 11.1 Å². The summed E-state index contributed by atoms with van der Waals surface area (Å²) in [6, 6.07) is 25.4. The van der Waals surface area contributed by atoms with Crippen LogP contribution < -0.4 is 10.7 Å². The standard InChI is InChI=1S/C22H18N4O/c1-15-12-13-18(19(14-15)27-23)22-25-20(16-8-4-2-5-9-16)24-21(26-22)17-10-6-3-7-11-17/h2-14H,23H2,1H3. The molecule has 0 aliphatic rings. The van der Waals surface area contributed by atoms with Gasteiger partial charge in [-0.3, -0.25) is 0 Å². The predicted molar refractivity (Wildman–Crippen MR) is 106 cm³/mol. The molecule has 3 aromatic carbocycles. The molecule has 5 heteroatoms. The van der Waals surface area contributed by atoms with Crippen molar-refractivity contribution in [3.8, 4) is 39.9 Å². The van der Waals surface area contributed by atoms with Gasteiger partial charge >= 0.3 is 0 Å². The highest BCUT2D eigenvalue weighted by Crippen LogP contribution is 2.30. The van der Waals surface area contributed by atoms with Gasteiger partial charge < -0.3 is 4.84 Å². The molecular formula is C22H18N4O. The van der Waals surface area contributed by atoms with E-state index in [0.29, 0.717) is 23.2 Å². The monoisotopic (exact) mass is 354 g/mol. The van der Waals surface area contributed by atoms with Crippen LogP contribution in [0.1, 0.15) is 5.56 Å². The molecule has 0 bridgehead atoms. The molecular weight excluding hydrogens is 336 g/mol. The average molecular weight is 354 g/mol. The first-order valence-corrected chi connectivity index (χ1v) is 8.59. The van der Waals surface area contributed by atoms with Crippen molar-refractivity contribution >= 4 is 0 Å². The van der Waals surface area contributed by atoms with Gasteiger partial charge in [0.05, 0.1) is 5.56 Å². The molecule has 0 unspecified atom stereocenters. The van der Waals surface area contributed by atoms with Gasteiger partial charge in [0.2, 0.25) is 0 Å². The summed E-state index contributed by atoms with van der Waals surface area (Å²) in [6.07, 6.45) is 0. The summed E-state index contributed by atoms with van der Waals surface area (Å²) in [5, 5.41) is 0.